The van der Waals surface area contributed by atoms with Crippen LogP contribution < -0.4 is 5.56 Å². The number of rotatable bonds is 5. The molecule has 1 aromatic heterocycles. The number of halogens is 1. The SMILES string of the molecule is COCCn1cc(C(=O)N2CCO[C@H](c3ccc(F)cc3)C2)ccc1=O. The maximum atomic E-state index is 13.1. The summed E-state index contributed by atoms with van der Waals surface area (Å²) in [6.07, 6.45) is 1.26. The molecule has 0 saturated carbocycles. The predicted octanol–water partition coefficient (Wildman–Crippen LogP) is 1.85. The highest BCUT2D eigenvalue weighted by molar-refractivity contribution is 5.94. The summed E-state index contributed by atoms with van der Waals surface area (Å²) in [5.41, 5.74) is 1.10. The van der Waals surface area contributed by atoms with Gasteiger partial charge in [-0.05, 0) is 23.8 Å². The number of hydrogen-bond acceptors (Lipinski definition) is 4. The Bertz CT molecular complexity index is 819. The molecule has 3 rings (SSSR count). The first kappa shape index (κ1) is 18.3. The average Bonchev–Trinajstić information content (AvgIpc) is 2.67. The van der Waals surface area contributed by atoms with Gasteiger partial charge in [-0.25, -0.2) is 4.39 Å². The van der Waals surface area contributed by atoms with Crippen LogP contribution in [0.4, 0.5) is 4.39 Å². The Morgan fingerprint density at radius 3 is 2.77 bits per heavy atom. The molecule has 0 bridgehead atoms. The van der Waals surface area contributed by atoms with E-state index in [1.807, 2.05) is 0 Å². The number of carbonyl (C=O) groups is 1. The maximum absolute atomic E-state index is 13.1. The van der Waals surface area contributed by atoms with E-state index in [2.05, 4.69) is 0 Å². The Balaban J connectivity index is 1.74. The quantitative estimate of drug-likeness (QED) is 0.816. The van der Waals surface area contributed by atoms with Crippen molar-refractivity contribution in [2.24, 2.45) is 0 Å². The molecule has 2 heterocycles. The molecular formula is C19H21FN2O4. The molecule has 1 amide bonds. The van der Waals surface area contributed by atoms with Crippen LogP contribution in [0.25, 0.3) is 0 Å². The highest BCUT2D eigenvalue weighted by atomic mass is 19.1. The van der Waals surface area contributed by atoms with Gasteiger partial charge >= 0.3 is 0 Å². The average molecular weight is 360 g/mol. The van der Waals surface area contributed by atoms with Crippen LogP contribution in [-0.2, 0) is 16.0 Å². The van der Waals surface area contributed by atoms with E-state index in [0.717, 1.165) is 5.56 Å². The standard InChI is InChI=1S/C19H21FN2O4/c1-25-10-8-21-12-15(4-7-18(21)23)19(24)22-9-11-26-17(13-22)14-2-5-16(20)6-3-14/h2-7,12,17H,8-11,13H2,1H3/t17-/m0/s1. The number of hydrogen-bond donors (Lipinski definition) is 0. The van der Waals surface area contributed by atoms with E-state index >= 15 is 0 Å². The number of pyridine rings is 1. The summed E-state index contributed by atoms with van der Waals surface area (Å²) in [5, 5.41) is 0. The first-order valence-corrected chi connectivity index (χ1v) is 8.44. The van der Waals surface area contributed by atoms with Crippen molar-refractivity contribution in [3.63, 3.8) is 0 Å². The third kappa shape index (κ3) is 4.17. The first-order valence-electron chi connectivity index (χ1n) is 8.44. The van der Waals surface area contributed by atoms with Gasteiger partial charge in [0.25, 0.3) is 11.5 Å². The van der Waals surface area contributed by atoms with E-state index < -0.39 is 0 Å². The fourth-order valence-electron chi connectivity index (χ4n) is 2.92. The molecule has 138 valence electrons. The van der Waals surface area contributed by atoms with Gasteiger partial charge in [0.05, 0.1) is 25.3 Å². The smallest absolute Gasteiger partial charge is 0.255 e. The normalized spacial score (nSPS) is 17.3. The second kappa shape index (κ2) is 8.25. The lowest BCUT2D eigenvalue weighted by molar-refractivity contribution is -0.0228. The summed E-state index contributed by atoms with van der Waals surface area (Å²) in [6.45, 7) is 2.02. The molecule has 7 heteroatoms. The van der Waals surface area contributed by atoms with Gasteiger partial charge in [0.2, 0.25) is 0 Å². The molecule has 0 N–H and O–H groups in total. The molecule has 1 fully saturated rings. The molecule has 1 aliphatic rings. The molecule has 2 aromatic rings. The summed E-state index contributed by atoms with van der Waals surface area (Å²) in [7, 11) is 1.56. The third-order valence-corrected chi connectivity index (χ3v) is 4.36. The van der Waals surface area contributed by atoms with Crippen LogP contribution in [0.5, 0.6) is 0 Å². The van der Waals surface area contributed by atoms with Gasteiger partial charge in [0.15, 0.2) is 0 Å². The molecule has 0 spiro atoms. The lowest BCUT2D eigenvalue weighted by atomic mass is 10.1. The zero-order chi connectivity index (χ0) is 18.5. The Morgan fingerprint density at radius 2 is 2.04 bits per heavy atom. The van der Waals surface area contributed by atoms with Crippen molar-refractivity contribution in [3.8, 4) is 0 Å². The molecule has 1 aliphatic heterocycles. The molecule has 0 unspecified atom stereocenters. The molecule has 0 aliphatic carbocycles. The van der Waals surface area contributed by atoms with Crippen molar-refractivity contribution < 1.29 is 18.7 Å². The number of benzene rings is 1. The number of aromatic nitrogens is 1. The zero-order valence-corrected chi connectivity index (χ0v) is 14.6. The second-order valence-electron chi connectivity index (χ2n) is 6.10. The molecular weight excluding hydrogens is 339 g/mol. The van der Waals surface area contributed by atoms with E-state index in [4.69, 9.17) is 9.47 Å². The molecule has 6 nitrogen and oxygen atoms in total. The van der Waals surface area contributed by atoms with Crippen molar-refractivity contribution in [1.29, 1.82) is 0 Å². The van der Waals surface area contributed by atoms with E-state index in [0.29, 0.717) is 38.4 Å². The van der Waals surface area contributed by atoms with Gasteiger partial charge in [-0.1, -0.05) is 12.1 Å². The van der Waals surface area contributed by atoms with Gasteiger partial charge in [0.1, 0.15) is 11.9 Å². The van der Waals surface area contributed by atoms with Crippen LogP contribution in [0.15, 0.2) is 47.4 Å². The zero-order valence-electron chi connectivity index (χ0n) is 14.6. The Kier molecular flexibility index (Phi) is 5.80. The van der Waals surface area contributed by atoms with Crippen molar-refractivity contribution in [2.45, 2.75) is 12.6 Å². The highest BCUT2D eigenvalue weighted by Gasteiger charge is 2.26. The fraction of sp³-hybridized carbons (Fsp3) is 0.368. The summed E-state index contributed by atoms with van der Waals surface area (Å²) in [6, 6.07) is 9.02. The Hall–Kier alpha value is -2.51. The van der Waals surface area contributed by atoms with Crippen LogP contribution in [0.1, 0.15) is 22.0 Å². The topological polar surface area (TPSA) is 60.8 Å². The van der Waals surface area contributed by atoms with E-state index in [9.17, 15) is 14.0 Å². The lowest BCUT2D eigenvalue weighted by Gasteiger charge is -2.33. The van der Waals surface area contributed by atoms with Crippen molar-refractivity contribution in [2.75, 3.05) is 33.4 Å². The molecule has 1 saturated heterocycles. The Morgan fingerprint density at radius 1 is 1.27 bits per heavy atom. The van der Waals surface area contributed by atoms with Crippen LogP contribution >= 0.6 is 0 Å². The second-order valence-corrected chi connectivity index (χ2v) is 6.10. The lowest BCUT2D eigenvalue weighted by Crippen LogP contribution is -2.42. The highest BCUT2D eigenvalue weighted by Crippen LogP contribution is 2.23. The number of amides is 1. The van der Waals surface area contributed by atoms with Gasteiger partial charge in [-0.3, -0.25) is 9.59 Å². The Labute approximate surface area is 150 Å². The van der Waals surface area contributed by atoms with E-state index in [-0.39, 0.29) is 23.4 Å². The van der Waals surface area contributed by atoms with Crippen LogP contribution in [0.2, 0.25) is 0 Å². The van der Waals surface area contributed by atoms with Crippen LogP contribution in [0, 0.1) is 5.82 Å². The first-order chi connectivity index (χ1) is 12.6. The number of morpholine rings is 1. The summed E-state index contributed by atoms with van der Waals surface area (Å²) in [5.74, 6) is -0.470. The van der Waals surface area contributed by atoms with Crippen molar-refractivity contribution in [3.05, 3.63) is 69.9 Å². The summed E-state index contributed by atoms with van der Waals surface area (Å²) in [4.78, 5) is 26.4. The van der Waals surface area contributed by atoms with E-state index in [1.54, 1.807) is 30.3 Å². The van der Waals surface area contributed by atoms with Crippen LogP contribution in [-0.4, -0.2) is 48.8 Å². The largest absolute Gasteiger partial charge is 0.383 e. The summed E-state index contributed by atoms with van der Waals surface area (Å²) >= 11 is 0. The van der Waals surface area contributed by atoms with E-state index in [1.165, 1.54) is 28.8 Å². The minimum atomic E-state index is -0.309. The van der Waals surface area contributed by atoms with Crippen LogP contribution in [0.3, 0.4) is 0 Å². The van der Waals surface area contributed by atoms with Gasteiger partial charge in [0, 0.05) is 32.5 Å². The minimum absolute atomic E-state index is 0.161. The third-order valence-electron chi connectivity index (χ3n) is 4.36. The monoisotopic (exact) mass is 360 g/mol. The predicted molar refractivity (Wildman–Crippen MR) is 93.6 cm³/mol. The number of ether oxygens (including phenoxy) is 2. The van der Waals surface area contributed by atoms with Gasteiger partial charge < -0.3 is 18.9 Å². The fourth-order valence-corrected chi connectivity index (χ4v) is 2.92. The summed E-state index contributed by atoms with van der Waals surface area (Å²) < 4.78 is 25.3. The number of carbonyl (C=O) groups excluding carboxylic acids is 1. The van der Waals surface area contributed by atoms with Crippen molar-refractivity contribution >= 4 is 5.91 Å². The maximum Gasteiger partial charge on any atom is 0.255 e. The van der Waals surface area contributed by atoms with Gasteiger partial charge in [-0.2, -0.15) is 0 Å². The van der Waals surface area contributed by atoms with Gasteiger partial charge in [-0.15, -0.1) is 0 Å². The minimum Gasteiger partial charge on any atom is -0.383 e. The number of nitrogens with zero attached hydrogens (tertiary/aromatic N) is 2. The van der Waals surface area contributed by atoms with Crippen molar-refractivity contribution in [1.82, 2.24) is 9.47 Å². The molecule has 26 heavy (non-hydrogen) atoms. The molecule has 1 atom stereocenters. The molecule has 0 radical (unpaired) electrons. The number of methoxy groups -OCH3 is 1. The molecule has 1 aromatic carbocycles.